The van der Waals surface area contributed by atoms with Gasteiger partial charge >= 0.3 is 0 Å². The Morgan fingerprint density at radius 2 is 1.33 bits per heavy atom. The van der Waals surface area contributed by atoms with E-state index in [1.54, 1.807) is 14.2 Å². The van der Waals surface area contributed by atoms with Crippen molar-refractivity contribution in [1.82, 2.24) is 4.31 Å². The van der Waals surface area contributed by atoms with Crippen LogP contribution in [0.3, 0.4) is 0 Å². The molecule has 0 N–H and O–H groups in total. The number of ether oxygens (including phenoxy) is 2. The zero-order chi connectivity index (χ0) is 19.6. The Hall–Kier alpha value is -1.91. The van der Waals surface area contributed by atoms with Crippen molar-refractivity contribution in [2.75, 3.05) is 14.2 Å². The van der Waals surface area contributed by atoms with Gasteiger partial charge in [-0.05, 0) is 47.7 Å². The average molecular weight is 386 g/mol. The summed E-state index contributed by atoms with van der Waals surface area (Å²) < 4.78 is 13.0. The van der Waals surface area contributed by atoms with E-state index < -0.39 is 0 Å². The van der Waals surface area contributed by atoms with Crippen LogP contribution < -0.4 is 9.47 Å². The van der Waals surface area contributed by atoms with E-state index in [1.807, 2.05) is 42.3 Å². The molecule has 0 fully saturated rings. The molecular weight excluding hydrogens is 354 g/mol. The molecule has 0 spiro atoms. The van der Waals surface area contributed by atoms with Crippen molar-refractivity contribution in [2.24, 2.45) is 5.92 Å². The maximum absolute atomic E-state index is 5.27. The number of hydrogen-bond acceptors (Lipinski definition) is 4. The maximum Gasteiger partial charge on any atom is 0.118 e. The minimum Gasteiger partial charge on any atom is -0.497 e. The topological polar surface area (TPSA) is 21.7 Å². The Balaban J connectivity index is 2.11. The van der Waals surface area contributed by atoms with Gasteiger partial charge in [0.1, 0.15) is 11.5 Å². The highest BCUT2D eigenvalue weighted by Gasteiger charge is 2.17. The normalized spacial score (nSPS) is 13.2. The van der Waals surface area contributed by atoms with Crippen LogP contribution in [0.15, 0.2) is 61.2 Å². The number of benzene rings is 2. The summed E-state index contributed by atoms with van der Waals surface area (Å²) in [7, 11) is 3.40. The molecule has 0 aliphatic carbocycles. The van der Waals surface area contributed by atoms with Crippen LogP contribution in [-0.4, -0.2) is 23.8 Å². The van der Waals surface area contributed by atoms with Crippen molar-refractivity contribution in [1.29, 1.82) is 0 Å². The van der Waals surface area contributed by atoms with Gasteiger partial charge in [0.2, 0.25) is 0 Å². The highest BCUT2D eigenvalue weighted by Crippen LogP contribution is 2.29. The lowest BCUT2D eigenvalue weighted by atomic mass is 10.1. The molecule has 4 heteroatoms. The van der Waals surface area contributed by atoms with Crippen LogP contribution in [0.4, 0.5) is 0 Å². The van der Waals surface area contributed by atoms with Crippen molar-refractivity contribution in [3.8, 4) is 11.5 Å². The van der Waals surface area contributed by atoms with Crippen LogP contribution >= 0.6 is 11.9 Å². The van der Waals surface area contributed by atoms with Gasteiger partial charge < -0.3 is 9.47 Å². The largest absolute Gasteiger partial charge is 0.497 e. The third-order valence-corrected chi connectivity index (χ3v) is 6.04. The van der Waals surface area contributed by atoms with Gasteiger partial charge in [-0.3, -0.25) is 0 Å². The fraction of sp³-hybridized carbons (Fsp3) is 0.391. The van der Waals surface area contributed by atoms with Crippen LogP contribution in [0.25, 0.3) is 0 Å². The molecule has 0 aliphatic heterocycles. The van der Waals surface area contributed by atoms with E-state index in [-0.39, 0.29) is 0 Å². The first-order valence-corrected chi connectivity index (χ1v) is 10.2. The van der Waals surface area contributed by atoms with E-state index >= 15 is 0 Å². The second-order valence-electron chi connectivity index (χ2n) is 6.81. The van der Waals surface area contributed by atoms with Gasteiger partial charge in [0.15, 0.2) is 0 Å². The minimum absolute atomic E-state index is 0.513. The Bertz CT molecular complexity index is 635. The summed E-state index contributed by atoms with van der Waals surface area (Å²) in [4.78, 5) is 0. The summed E-state index contributed by atoms with van der Waals surface area (Å²) in [5.41, 5.74) is 2.56. The zero-order valence-corrected chi connectivity index (χ0v) is 17.7. The fourth-order valence-corrected chi connectivity index (χ4v) is 4.03. The first kappa shape index (κ1) is 21.4. The van der Waals surface area contributed by atoms with Gasteiger partial charge in [0.05, 0.1) is 14.2 Å². The van der Waals surface area contributed by atoms with E-state index in [0.29, 0.717) is 11.2 Å². The van der Waals surface area contributed by atoms with Gasteiger partial charge in [-0.1, -0.05) is 56.1 Å². The second-order valence-corrected chi connectivity index (χ2v) is 8.28. The molecule has 0 unspecified atom stereocenters. The van der Waals surface area contributed by atoms with E-state index in [1.165, 1.54) is 11.1 Å². The lowest BCUT2D eigenvalue weighted by Gasteiger charge is -2.28. The van der Waals surface area contributed by atoms with Crippen LogP contribution in [0, 0.1) is 5.92 Å². The predicted octanol–water partition coefficient (Wildman–Crippen LogP) is 5.95. The highest BCUT2D eigenvalue weighted by atomic mass is 32.2. The average Bonchev–Trinajstić information content (AvgIpc) is 2.69. The van der Waals surface area contributed by atoms with E-state index in [0.717, 1.165) is 31.0 Å². The van der Waals surface area contributed by atoms with Crippen LogP contribution in [0.5, 0.6) is 11.5 Å². The van der Waals surface area contributed by atoms with Gasteiger partial charge in [0.25, 0.3) is 0 Å². The molecule has 0 aliphatic rings. The third kappa shape index (κ3) is 6.96. The number of hydrogen-bond donors (Lipinski definition) is 0. The quantitative estimate of drug-likeness (QED) is 0.352. The zero-order valence-electron chi connectivity index (χ0n) is 16.9. The van der Waals surface area contributed by atoms with Gasteiger partial charge in [-0.2, -0.15) is 0 Å². The molecule has 2 aromatic carbocycles. The van der Waals surface area contributed by atoms with E-state index in [4.69, 9.17) is 9.47 Å². The molecule has 0 aromatic heterocycles. The molecule has 0 heterocycles. The lowest BCUT2D eigenvalue weighted by molar-refractivity contribution is 0.412. The van der Waals surface area contributed by atoms with Crippen molar-refractivity contribution in [3.05, 3.63) is 72.3 Å². The van der Waals surface area contributed by atoms with Crippen molar-refractivity contribution >= 4 is 11.9 Å². The van der Waals surface area contributed by atoms with Gasteiger partial charge in [-0.25, -0.2) is 4.31 Å². The number of rotatable bonds is 11. The third-order valence-electron chi connectivity index (χ3n) is 4.69. The van der Waals surface area contributed by atoms with Crippen LogP contribution in [0.2, 0.25) is 0 Å². The molecule has 146 valence electrons. The molecular formula is C23H31NO2S. The molecule has 27 heavy (non-hydrogen) atoms. The fourth-order valence-electron chi connectivity index (χ4n) is 2.79. The summed E-state index contributed by atoms with van der Waals surface area (Å²) in [6, 6.07) is 16.6. The molecule has 3 nitrogen and oxygen atoms in total. The van der Waals surface area contributed by atoms with Crippen LogP contribution in [-0.2, 0) is 13.1 Å². The molecule has 0 radical (unpaired) electrons. The van der Waals surface area contributed by atoms with Crippen molar-refractivity contribution in [3.63, 3.8) is 0 Å². The van der Waals surface area contributed by atoms with Gasteiger partial charge in [0, 0.05) is 18.3 Å². The maximum atomic E-state index is 5.27. The SMILES string of the molecule is C=CC[C@H](C)[C@H](C)SN(Cc1ccc(OC)cc1)Cc1ccc(OC)cc1. The Morgan fingerprint density at radius 1 is 0.889 bits per heavy atom. The van der Waals surface area contributed by atoms with Gasteiger partial charge in [-0.15, -0.1) is 6.58 Å². The first-order chi connectivity index (χ1) is 13.0. The molecule has 2 rings (SSSR count). The number of methoxy groups -OCH3 is 2. The molecule has 2 aromatic rings. The Kier molecular flexibility index (Phi) is 8.76. The molecule has 0 amide bonds. The van der Waals surface area contributed by atoms with E-state index in [9.17, 15) is 0 Å². The molecule has 0 saturated heterocycles. The second kappa shape index (κ2) is 11.1. The Labute approximate surface area is 168 Å². The summed E-state index contributed by atoms with van der Waals surface area (Å²) >= 11 is 1.93. The Morgan fingerprint density at radius 3 is 1.70 bits per heavy atom. The highest BCUT2D eigenvalue weighted by molar-refractivity contribution is 7.97. The lowest BCUT2D eigenvalue weighted by Crippen LogP contribution is -2.21. The monoisotopic (exact) mass is 385 g/mol. The standard InChI is InChI=1S/C23H31NO2S/c1-6-7-18(2)19(3)27-24(16-20-8-12-22(25-4)13-9-20)17-21-10-14-23(26-5)15-11-21/h6,8-15,18-19H,1,7,16-17H2,2-5H3/t18-,19-/m0/s1. The van der Waals surface area contributed by atoms with E-state index in [2.05, 4.69) is 49.0 Å². The van der Waals surface area contributed by atoms with Crippen LogP contribution in [0.1, 0.15) is 31.4 Å². The number of nitrogens with zero attached hydrogens (tertiary/aromatic N) is 1. The minimum atomic E-state index is 0.513. The summed E-state index contributed by atoms with van der Waals surface area (Å²) in [6.45, 7) is 10.2. The molecule has 0 saturated carbocycles. The molecule has 0 bridgehead atoms. The summed E-state index contributed by atoms with van der Waals surface area (Å²) in [6.07, 6.45) is 3.05. The summed E-state index contributed by atoms with van der Waals surface area (Å²) in [5.74, 6) is 2.36. The smallest absolute Gasteiger partial charge is 0.118 e. The number of allylic oxidation sites excluding steroid dienone is 1. The molecule has 2 atom stereocenters. The predicted molar refractivity (Wildman–Crippen MR) is 116 cm³/mol. The van der Waals surface area contributed by atoms with Crippen molar-refractivity contribution in [2.45, 2.75) is 38.6 Å². The first-order valence-electron chi connectivity index (χ1n) is 9.34. The summed E-state index contributed by atoms with van der Waals surface area (Å²) in [5, 5.41) is 0.513. The van der Waals surface area contributed by atoms with Crippen molar-refractivity contribution < 1.29 is 9.47 Å².